The van der Waals surface area contributed by atoms with Gasteiger partial charge in [0.15, 0.2) is 0 Å². The van der Waals surface area contributed by atoms with Crippen LogP contribution in [-0.2, 0) is 9.47 Å². The Morgan fingerprint density at radius 1 is 1.08 bits per heavy atom. The molecule has 5 heteroatoms. The summed E-state index contributed by atoms with van der Waals surface area (Å²) in [6.07, 6.45) is -0.906. The lowest BCUT2D eigenvalue weighted by molar-refractivity contribution is -0.126. The molecule has 0 bridgehead atoms. The van der Waals surface area contributed by atoms with E-state index >= 15 is 0 Å². The van der Waals surface area contributed by atoms with Gasteiger partial charge in [-0.15, -0.1) is 0 Å². The molecule has 0 unspecified atom stereocenters. The summed E-state index contributed by atoms with van der Waals surface area (Å²) in [5.74, 6) is 0. The predicted molar refractivity (Wildman–Crippen MR) is 48.2 cm³/mol. The highest BCUT2D eigenvalue weighted by molar-refractivity contribution is 4.98. The van der Waals surface area contributed by atoms with Crippen molar-refractivity contribution >= 4 is 0 Å². The van der Waals surface area contributed by atoms with E-state index < -0.39 is 6.10 Å². The third-order valence-corrected chi connectivity index (χ3v) is 2.61. The first kappa shape index (κ1) is 10.9. The molecule has 0 aromatic heterocycles. The maximum absolute atomic E-state index is 9.76. The molecule has 13 heavy (non-hydrogen) atoms. The topological polar surface area (TPSA) is 90.7 Å². The lowest BCUT2D eigenvalue weighted by Crippen LogP contribution is -2.62. The molecular formula is C8H18N2O3. The zero-order valence-corrected chi connectivity index (χ0v) is 8.01. The Hall–Kier alpha value is -0.200. The molecule has 5 nitrogen and oxygen atoms in total. The molecule has 0 aromatic rings. The summed E-state index contributed by atoms with van der Waals surface area (Å²) >= 11 is 0. The zero-order chi connectivity index (χ0) is 10.0. The second-order valence-corrected chi connectivity index (χ2v) is 3.45. The normalized spacial score (nSPS) is 46.4. The van der Waals surface area contributed by atoms with Crippen LogP contribution in [0.15, 0.2) is 0 Å². The van der Waals surface area contributed by atoms with Gasteiger partial charge in [-0.2, -0.15) is 0 Å². The van der Waals surface area contributed by atoms with Gasteiger partial charge in [-0.05, 0) is 6.42 Å². The van der Waals surface area contributed by atoms with Crippen molar-refractivity contribution in [3.05, 3.63) is 0 Å². The number of hydrogen-bond acceptors (Lipinski definition) is 5. The SMILES string of the molecule is CO[C@@H]1[C@@H](O)[C@H](OC)[C@@H](N)C[C@H]1N. The quantitative estimate of drug-likeness (QED) is 0.489. The van der Waals surface area contributed by atoms with Gasteiger partial charge in [0.05, 0.1) is 0 Å². The first-order chi connectivity index (χ1) is 6.11. The van der Waals surface area contributed by atoms with E-state index in [0.29, 0.717) is 6.42 Å². The summed E-state index contributed by atoms with van der Waals surface area (Å²) in [5, 5.41) is 9.76. The Balaban J connectivity index is 2.69. The van der Waals surface area contributed by atoms with Crippen LogP contribution in [-0.4, -0.2) is 49.7 Å². The zero-order valence-electron chi connectivity index (χ0n) is 8.01. The molecule has 0 aliphatic heterocycles. The molecular weight excluding hydrogens is 172 g/mol. The summed E-state index contributed by atoms with van der Waals surface area (Å²) in [4.78, 5) is 0. The fourth-order valence-electron chi connectivity index (χ4n) is 1.90. The van der Waals surface area contributed by atoms with E-state index in [2.05, 4.69) is 0 Å². The molecule has 0 spiro atoms. The van der Waals surface area contributed by atoms with Crippen molar-refractivity contribution in [2.24, 2.45) is 11.5 Å². The Kier molecular flexibility index (Phi) is 3.63. The van der Waals surface area contributed by atoms with Crippen LogP contribution < -0.4 is 11.5 Å². The Labute approximate surface area is 78.0 Å². The van der Waals surface area contributed by atoms with Crippen molar-refractivity contribution in [2.45, 2.75) is 36.8 Å². The molecule has 1 aliphatic rings. The first-order valence-corrected chi connectivity index (χ1v) is 4.36. The smallest absolute Gasteiger partial charge is 0.109 e. The Morgan fingerprint density at radius 3 is 1.77 bits per heavy atom. The van der Waals surface area contributed by atoms with Crippen LogP contribution in [0, 0.1) is 0 Å². The molecule has 78 valence electrons. The minimum atomic E-state index is -0.742. The van der Waals surface area contributed by atoms with Crippen LogP contribution in [0.3, 0.4) is 0 Å². The second kappa shape index (κ2) is 4.34. The lowest BCUT2D eigenvalue weighted by atomic mass is 9.84. The molecule has 1 aliphatic carbocycles. The largest absolute Gasteiger partial charge is 0.388 e. The average molecular weight is 190 g/mol. The lowest BCUT2D eigenvalue weighted by Gasteiger charge is -2.40. The van der Waals surface area contributed by atoms with Crippen LogP contribution >= 0.6 is 0 Å². The number of aliphatic hydroxyl groups is 1. The van der Waals surface area contributed by atoms with E-state index in [1.54, 1.807) is 0 Å². The fraction of sp³-hybridized carbons (Fsp3) is 1.00. The summed E-state index contributed by atoms with van der Waals surface area (Å²) in [6.45, 7) is 0. The highest BCUT2D eigenvalue weighted by Gasteiger charge is 2.41. The number of aliphatic hydroxyl groups excluding tert-OH is 1. The minimum absolute atomic E-state index is 0.221. The maximum Gasteiger partial charge on any atom is 0.109 e. The van der Waals surface area contributed by atoms with E-state index in [4.69, 9.17) is 20.9 Å². The van der Waals surface area contributed by atoms with Gasteiger partial charge < -0.3 is 26.0 Å². The number of methoxy groups -OCH3 is 2. The van der Waals surface area contributed by atoms with Crippen molar-refractivity contribution in [3.63, 3.8) is 0 Å². The molecule has 0 radical (unpaired) electrons. The van der Waals surface area contributed by atoms with E-state index in [9.17, 15) is 5.11 Å². The summed E-state index contributed by atoms with van der Waals surface area (Å²) in [5.41, 5.74) is 11.5. The summed E-state index contributed by atoms with van der Waals surface area (Å²) < 4.78 is 10.2. The van der Waals surface area contributed by atoms with E-state index in [1.807, 2.05) is 0 Å². The number of rotatable bonds is 2. The number of ether oxygens (including phenoxy) is 2. The summed E-state index contributed by atoms with van der Waals surface area (Å²) in [6, 6.07) is -0.442. The molecule has 5 atom stereocenters. The standard InChI is InChI=1S/C8H18N2O3/c1-12-7-4(9)3-5(10)8(13-2)6(7)11/h4-8,11H,3,9-10H2,1-2H3/t4-,5+,6-,7+,8-. The van der Waals surface area contributed by atoms with Crippen LogP contribution in [0.5, 0.6) is 0 Å². The van der Waals surface area contributed by atoms with Crippen molar-refractivity contribution in [2.75, 3.05) is 14.2 Å². The Morgan fingerprint density at radius 2 is 1.46 bits per heavy atom. The summed E-state index contributed by atoms with van der Waals surface area (Å²) in [7, 11) is 3.05. The van der Waals surface area contributed by atoms with Crippen molar-refractivity contribution in [1.29, 1.82) is 0 Å². The van der Waals surface area contributed by atoms with Gasteiger partial charge >= 0.3 is 0 Å². The molecule has 0 aromatic carbocycles. The third-order valence-electron chi connectivity index (χ3n) is 2.61. The molecule has 0 saturated heterocycles. The first-order valence-electron chi connectivity index (χ1n) is 4.36. The third kappa shape index (κ3) is 2.00. The number of nitrogens with two attached hydrogens (primary N) is 2. The monoisotopic (exact) mass is 190 g/mol. The van der Waals surface area contributed by atoms with Gasteiger partial charge in [0, 0.05) is 26.3 Å². The molecule has 1 saturated carbocycles. The molecule has 1 rings (SSSR count). The van der Waals surface area contributed by atoms with Gasteiger partial charge in [-0.3, -0.25) is 0 Å². The Bertz CT molecular complexity index is 151. The van der Waals surface area contributed by atoms with Crippen LogP contribution in [0.25, 0.3) is 0 Å². The van der Waals surface area contributed by atoms with Crippen molar-refractivity contribution in [3.8, 4) is 0 Å². The molecule has 0 heterocycles. The van der Waals surface area contributed by atoms with Crippen molar-refractivity contribution in [1.82, 2.24) is 0 Å². The molecule has 1 fully saturated rings. The van der Waals surface area contributed by atoms with E-state index in [-0.39, 0.29) is 24.3 Å². The van der Waals surface area contributed by atoms with Gasteiger partial charge in [0.2, 0.25) is 0 Å². The number of hydrogen-bond donors (Lipinski definition) is 3. The van der Waals surface area contributed by atoms with Crippen LogP contribution in [0.1, 0.15) is 6.42 Å². The van der Waals surface area contributed by atoms with Gasteiger partial charge in [-0.25, -0.2) is 0 Å². The van der Waals surface area contributed by atoms with E-state index in [0.717, 1.165) is 0 Å². The van der Waals surface area contributed by atoms with Crippen molar-refractivity contribution < 1.29 is 14.6 Å². The van der Waals surface area contributed by atoms with Gasteiger partial charge in [0.25, 0.3) is 0 Å². The van der Waals surface area contributed by atoms with Gasteiger partial charge in [0.1, 0.15) is 18.3 Å². The highest BCUT2D eigenvalue weighted by atomic mass is 16.5. The molecule has 5 N–H and O–H groups in total. The fourth-order valence-corrected chi connectivity index (χ4v) is 1.90. The van der Waals surface area contributed by atoms with Crippen LogP contribution in [0.2, 0.25) is 0 Å². The molecule has 0 amide bonds. The van der Waals surface area contributed by atoms with Crippen LogP contribution in [0.4, 0.5) is 0 Å². The average Bonchev–Trinajstić information content (AvgIpc) is 2.04. The van der Waals surface area contributed by atoms with E-state index in [1.165, 1.54) is 14.2 Å². The predicted octanol–water partition coefficient (Wildman–Crippen LogP) is -1.56. The maximum atomic E-state index is 9.76. The van der Waals surface area contributed by atoms with Gasteiger partial charge in [-0.1, -0.05) is 0 Å². The second-order valence-electron chi connectivity index (χ2n) is 3.45. The highest BCUT2D eigenvalue weighted by Crippen LogP contribution is 2.21. The minimum Gasteiger partial charge on any atom is -0.388 e.